The summed E-state index contributed by atoms with van der Waals surface area (Å²) in [5.41, 5.74) is 3.57. The zero-order valence-corrected chi connectivity index (χ0v) is 19.6. The first-order valence-electron chi connectivity index (χ1n) is 10.4. The molecule has 0 unspecified atom stereocenters. The van der Waals surface area contributed by atoms with Gasteiger partial charge in [0.15, 0.2) is 0 Å². The van der Waals surface area contributed by atoms with Crippen molar-refractivity contribution in [2.24, 2.45) is 0 Å². The quantitative estimate of drug-likeness (QED) is 0.402. The Kier molecular flexibility index (Phi) is 28.5. The molecule has 0 atom stereocenters. The Morgan fingerprint density at radius 3 is 0.750 bits per heavy atom. The molecule has 0 heterocycles. The van der Waals surface area contributed by atoms with Crippen LogP contribution in [0.1, 0.15) is 96.3 Å². The van der Waals surface area contributed by atoms with Crippen molar-refractivity contribution in [1.82, 2.24) is 0 Å². The fourth-order valence-electron chi connectivity index (χ4n) is 5.03. The van der Waals surface area contributed by atoms with Crippen LogP contribution in [0.4, 0.5) is 0 Å². The zero-order valence-electron chi connectivity index (χ0n) is 17.6. The van der Waals surface area contributed by atoms with Gasteiger partial charge in [-0.15, -0.1) is 0 Å². The van der Waals surface area contributed by atoms with Crippen molar-refractivity contribution in [1.29, 1.82) is 0 Å². The molecule has 0 saturated heterocycles. The maximum Gasteiger partial charge on any atom is 0.106 e. The molecule has 3 aliphatic carbocycles. The molecular formula is C22H41FeO4P. The van der Waals surface area contributed by atoms with E-state index >= 15 is 0 Å². The van der Waals surface area contributed by atoms with Crippen molar-refractivity contribution in [3.8, 4) is 0 Å². The van der Waals surface area contributed by atoms with Crippen LogP contribution in [0.25, 0.3) is 0 Å². The van der Waals surface area contributed by atoms with E-state index in [4.69, 9.17) is 19.2 Å². The topological polar surface area (TPSA) is 68.3 Å². The van der Waals surface area contributed by atoms with E-state index in [1.54, 1.807) is 77.0 Å². The fraction of sp³-hybridized carbons (Fsp3) is 0.818. The molecule has 4 nitrogen and oxygen atoms in total. The molecule has 0 aliphatic heterocycles. The Hall–Kier alpha value is -0.371. The molecule has 0 bridgehead atoms. The fourth-order valence-corrected chi connectivity index (χ4v) is 9.71. The number of rotatable bonds is 3. The maximum absolute atomic E-state index is 8.00. The molecule has 3 rings (SSSR count). The van der Waals surface area contributed by atoms with Gasteiger partial charge >= 0.3 is 0 Å². The second-order valence-corrected chi connectivity index (χ2v) is 10.4. The van der Waals surface area contributed by atoms with Crippen molar-refractivity contribution in [3.63, 3.8) is 0 Å². The predicted octanol–water partition coefficient (Wildman–Crippen LogP) is 5.72. The van der Waals surface area contributed by atoms with Gasteiger partial charge in [0.05, 0.1) is 0 Å². The van der Waals surface area contributed by atoms with E-state index < -0.39 is 0 Å². The van der Waals surface area contributed by atoms with Gasteiger partial charge in [0, 0.05) is 17.1 Å². The van der Waals surface area contributed by atoms with E-state index in [2.05, 4.69) is 0 Å². The number of carbonyl (C=O) groups is 4. The molecule has 0 aromatic rings. The van der Waals surface area contributed by atoms with Crippen molar-refractivity contribution < 1.29 is 36.2 Å². The van der Waals surface area contributed by atoms with Gasteiger partial charge in [-0.05, 0) is 55.5 Å². The van der Waals surface area contributed by atoms with Gasteiger partial charge in [0.1, 0.15) is 27.2 Å². The van der Waals surface area contributed by atoms with Crippen molar-refractivity contribution >= 4 is 35.1 Å². The average molecular weight is 456 g/mol. The normalized spacial score (nSPS) is 20.2. The van der Waals surface area contributed by atoms with E-state index in [1.165, 1.54) is 36.2 Å². The molecule has 0 N–H and O–H groups in total. The minimum Gasteiger partial charge on any atom is -0.307 e. The summed E-state index contributed by atoms with van der Waals surface area (Å²) in [7, 11) is 0.385. The third-order valence-electron chi connectivity index (χ3n) is 5.99. The first-order valence-corrected chi connectivity index (χ1v) is 11.9. The standard InChI is InChI=1S/C18H33P.4CH2O.Fe/c1-4-10-16(11-5-1)19(17-12-6-2-7-13-17)18-14-8-3-9-15-18;4*1-2;/h16-18H,1-15H2;4*1H2;. The summed E-state index contributed by atoms with van der Waals surface area (Å²) in [5, 5.41) is 0. The van der Waals surface area contributed by atoms with Crippen LogP contribution in [-0.4, -0.2) is 44.1 Å². The molecule has 6 heteroatoms. The van der Waals surface area contributed by atoms with Crippen LogP contribution in [0.2, 0.25) is 0 Å². The van der Waals surface area contributed by atoms with Crippen molar-refractivity contribution in [2.45, 2.75) is 113 Å². The van der Waals surface area contributed by atoms with E-state index in [0.717, 1.165) is 0 Å². The minimum atomic E-state index is 0. The third kappa shape index (κ3) is 12.2. The third-order valence-corrected chi connectivity index (χ3v) is 10.1. The molecule has 28 heavy (non-hydrogen) atoms. The molecule has 0 amide bonds. The summed E-state index contributed by atoms with van der Waals surface area (Å²) in [6, 6.07) is 0. The smallest absolute Gasteiger partial charge is 0.106 e. The van der Waals surface area contributed by atoms with E-state index in [0.29, 0.717) is 7.92 Å². The first-order chi connectivity index (χ1) is 13.4. The second kappa shape index (κ2) is 24.7. The van der Waals surface area contributed by atoms with Crippen molar-refractivity contribution in [2.75, 3.05) is 0 Å². The van der Waals surface area contributed by atoms with Gasteiger partial charge < -0.3 is 19.2 Å². The zero-order chi connectivity index (χ0) is 20.9. The number of hydrogen-bond donors (Lipinski definition) is 0. The summed E-state index contributed by atoms with van der Waals surface area (Å²) in [5.74, 6) is 0. The van der Waals surface area contributed by atoms with Crippen molar-refractivity contribution in [3.05, 3.63) is 0 Å². The Morgan fingerprint density at radius 1 is 0.393 bits per heavy atom. The molecule has 0 aromatic heterocycles. The molecule has 3 fully saturated rings. The summed E-state index contributed by atoms with van der Waals surface area (Å²) < 4.78 is 0. The Balaban J connectivity index is -0.000000622. The van der Waals surface area contributed by atoms with E-state index in [9.17, 15) is 0 Å². The van der Waals surface area contributed by atoms with Gasteiger partial charge in [0.25, 0.3) is 0 Å². The van der Waals surface area contributed by atoms with E-state index in [-0.39, 0.29) is 17.1 Å². The number of carbonyl (C=O) groups excluding carboxylic acids is 4. The van der Waals surface area contributed by atoms with Gasteiger partial charge in [-0.3, -0.25) is 0 Å². The molecular weight excluding hydrogens is 415 g/mol. The van der Waals surface area contributed by atoms with Gasteiger partial charge in [-0.2, -0.15) is 0 Å². The minimum absolute atomic E-state index is 0. The molecule has 3 aliphatic rings. The Labute approximate surface area is 184 Å². The maximum atomic E-state index is 8.00. The largest absolute Gasteiger partial charge is 0.307 e. The van der Waals surface area contributed by atoms with Crippen LogP contribution in [0, 0.1) is 0 Å². The van der Waals surface area contributed by atoms with Crippen LogP contribution in [0.3, 0.4) is 0 Å². The van der Waals surface area contributed by atoms with Gasteiger partial charge in [-0.1, -0.05) is 65.7 Å². The van der Waals surface area contributed by atoms with Crippen LogP contribution >= 0.6 is 7.92 Å². The number of hydrogen-bond acceptors (Lipinski definition) is 4. The molecule has 0 aromatic carbocycles. The first kappa shape index (κ1) is 32.3. The Bertz CT molecular complexity index is 267. The van der Waals surface area contributed by atoms with Crippen LogP contribution in [0.15, 0.2) is 0 Å². The average Bonchev–Trinajstić information content (AvgIpc) is 2.82. The molecule has 0 radical (unpaired) electrons. The second-order valence-electron chi connectivity index (χ2n) is 7.32. The summed E-state index contributed by atoms with van der Waals surface area (Å²) >= 11 is 0. The predicted molar refractivity (Wildman–Crippen MR) is 116 cm³/mol. The Morgan fingerprint density at radius 2 is 0.571 bits per heavy atom. The monoisotopic (exact) mass is 456 g/mol. The molecule has 166 valence electrons. The van der Waals surface area contributed by atoms with Gasteiger partial charge in [0.2, 0.25) is 0 Å². The summed E-state index contributed by atoms with van der Waals surface area (Å²) in [6.07, 6.45) is 23.6. The van der Waals surface area contributed by atoms with Crippen LogP contribution in [0.5, 0.6) is 0 Å². The molecule has 0 spiro atoms. The SMILES string of the molecule is C1CCC(P(C2CCCCC2)C2CCCCC2)CC1.C=O.C=O.C=O.C=O.[Fe]. The molecule has 3 saturated carbocycles. The van der Waals surface area contributed by atoms with Crippen LogP contribution < -0.4 is 0 Å². The van der Waals surface area contributed by atoms with E-state index in [1.807, 2.05) is 27.2 Å². The summed E-state index contributed by atoms with van der Waals surface area (Å²) in [4.78, 5) is 32.0. The summed E-state index contributed by atoms with van der Waals surface area (Å²) in [6.45, 7) is 8.00. The van der Waals surface area contributed by atoms with Crippen LogP contribution in [-0.2, 0) is 36.2 Å². The van der Waals surface area contributed by atoms with Gasteiger partial charge in [-0.25, -0.2) is 0 Å².